The second kappa shape index (κ2) is 8.23. The average molecular weight is 355 g/mol. The molecular formula is C20H22FN3S. The maximum absolute atomic E-state index is 13.3. The molecule has 3 nitrogen and oxygen atoms in total. The van der Waals surface area contributed by atoms with Crippen molar-refractivity contribution in [1.29, 1.82) is 0 Å². The maximum Gasteiger partial charge on any atom is 0.190 e. The fourth-order valence-electron chi connectivity index (χ4n) is 2.64. The van der Waals surface area contributed by atoms with Gasteiger partial charge in [-0.3, -0.25) is 0 Å². The molecule has 130 valence electrons. The fourth-order valence-corrected chi connectivity index (χ4v) is 3.60. The summed E-state index contributed by atoms with van der Waals surface area (Å²) in [6.07, 6.45) is 1.03. The summed E-state index contributed by atoms with van der Waals surface area (Å²) in [6.45, 7) is 1.89. The van der Waals surface area contributed by atoms with Gasteiger partial charge in [0.15, 0.2) is 4.80 Å². The number of thiazole rings is 1. The lowest BCUT2D eigenvalue weighted by molar-refractivity contribution is 0.386. The van der Waals surface area contributed by atoms with E-state index in [1.54, 1.807) is 11.3 Å². The summed E-state index contributed by atoms with van der Waals surface area (Å²) in [5.74, 6) is -0.215. The Morgan fingerprint density at radius 3 is 2.44 bits per heavy atom. The van der Waals surface area contributed by atoms with Gasteiger partial charge in [-0.2, -0.15) is 0 Å². The van der Waals surface area contributed by atoms with Gasteiger partial charge < -0.3 is 9.47 Å². The van der Waals surface area contributed by atoms with Crippen molar-refractivity contribution in [2.45, 2.75) is 13.0 Å². The normalized spacial score (nSPS) is 12.1. The van der Waals surface area contributed by atoms with Gasteiger partial charge in [-0.1, -0.05) is 18.2 Å². The van der Waals surface area contributed by atoms with Crippen LogP contribution in [0.15, 0.2) is 65.0 Å². The number of benzene rings is 2. The molecule has 0 aliphatic carbocycles. The molecule has 0 amide bonds. The van der Waals surface area contributed by atoms with E-state index in [4.69, 9.17) is 4.99 Å². The topological polar surface area (TPSA) is 20.5 Å². The number of hydrogen-bond donors (Lipinski definition) is 0. The van der Waals surface area contributed by atoms with E-state index in [0.717, 1.165) is 41.3 Å². The fraction of sp³-hybridized carbons (Fsp3) is 0.250. The Morgan fingerprint density at radius 1 is 1.04 bits per heavy atom. The minimum absolute atomic E-state index is 0.215. The van der Waals surface area contributed by atoms with E-state index in [9.17, 15) is 4.39 Å². The van der Waals surface area contributed by atoms with Crippen LogP contribution in [-0.2, 0) is 6.54 Å². The van der Waals surface area contributed by atoms with Gasteiger partial charge in [-0.15, -0.1) is 11.3 Å². The van der Waals surface area contributed by atoms with Crippen molar-refractivity contribution in [1.82, 2.24) is 9.47 Å². The first-order valence-electron chi connectivity index (χ1n) is 8.32. The van der Waals surface area contributed by atoms with Gasteiger partial charge in [0.05, 0.1) is 11.4 Å². The van der Waals surface area contributed by atoms with E-state index in [1.165, 1.54) is 12.1 Å². The minimum atomic E-state index is -0.215. The maximum atomic E-state index is 13.3. The standard InChI is InChI=1S/C20H22FN3S/c1-23(2)13-6-14-24-19(16-9-11-17(21)12-10-16)15-25-20(24)22-18-7-4-3-5-8-18/h3-5,7-12,15H,6,13-14H2,1-2H3. The van der Waals surface area contributed by atoms with Crippen LogP contribution < -0.4 is 4.80 Å². The zero-order valence-electron chi connectivity index (χ0n) is 14.5. The second-order valence-corrected chi connectivity index (χ2v) is 7.00. The quantitative estimate of drug-likeness (QED) is 0.636. The Hall–Kier alpha value is -2.24. The first kappa shape index (κ1) is 17.6. The van der Waals surface area contributed by atoms with E-state index in [2.05, 4.69) is 28.9 Å². The molecule has 0 N–H and O–H groups in total. The zero-order valence-corrected chi connectivity index (χ0v) is 15.3. The highest BCUT2D eigenvalue weighted by atomic mass is 32.1. The van der Waals surface area contributed by atoms with Crippen LogP contribution in [-0.4, -0.2) is 30.1 Å². The average Bonchev–Trinajstić information content (AvgIpc) is 2.99. The van der Waals surface area contributed by atoms with Crippen LogP contribution in [0, 0.1) is 5.82 Å². The second-order valence-electron chi connectivity index (χ2n) is 6.17. The molecule has 5 heteroatoms. The molecule has 0 bridgehead atoms. The van der Waals surface area contributed by atoms with Gasteiger partial charge in [0.2, 0.25) is 0 Å². The molecule has 0 saturated heterocycles. The van der Waals surface area contributed by atoms with E-state index < -0.39 is 0 Å². The SMILES string of the molecule is CN(C)CCCn1c(-c2ccc(F)cc2)csc1=Nc1ccccc1. The lowest BCUT2D eigenvalue weighted by atomic mass is 10.1. The van der Waals surface area contributed by atoms with Gasteiger partial charge in [-0.05, 0) is 69.0 Å². The molecule has 3 rings (SSSR count). The lowest BCUT2D eigenvalue weighted by Gasteiger charge is -2.12. The highest BCUT2D eigenvalue weighted by molar-refractivity contribution is 7.07. The van der Waals surface area contributed by atoms with Crippen molar-refractivity contribution in [3.63, 3.8) is 0 Å². The van der Waals surface area contributed by atoms with Crippen molar-refractivity contribution in [3.8, 4) is 11.3 Å². The highest BCUT2D eigenvalue weighted by Crippen LogP contribution is 2.21. The van der Waals surface area contributed by atoms with Crippen molar-refractivity contribution in [3.05, 3.63) is 70.6 Å². The predicted octanol–water partition coefficient (Wildman–Crippen LogP) is 4.54. The summed E-state index contributed by atoms with van der Waals surface area (Å²) < 4.78 is 15.5. The summed E-state index contributed by atoms with van der Waals surface area (Å²) in [5.41, 5.74) is 3.03. The molecule has 0 saturated carbocycles. The molecule has 0 radical (unpaired) electrons. The number of nitrogens with zero attached hydrogens (tertiary/aromatic N) is 3. The Kier molecular flexibility index (Phi) is 5.79. The van der Waals surface area contributed by atoms with Crippen molar-refractivity contribution in [2.24, 2.45) is 4.99 Å². The third-order valence-electron chi connectivity index (χ3n) is 3.91. The number of halogens is 1. The van der Waals surface area contributed by atoms with E-state index >= 15 is 0 Å². The molecule has 0 unspecified atom stereocenters. The first-order chi connectivity index (χ1) is 12.1. The van der Waals surface area contributed by atoms with Crippen molar-refractivity contribution < 1.29 is 4.39 Å². The van der Waals surface area contributed by atoms with Crippen molar-refractivity contribution >= 4 is 17.0 Å². The number of hydrogen-bond acceptors (Lipinski definition) is 3. The van der Waals surface area contributed by atoms with Gasteiger partial charge >= 0.3 is 0 Å². The summed E-state index contributed by atoms with van der Waals surface area (Å²) in [6, 6.07) is 16.6. The summed E-state index contributed by atoms with van der Waals surface area (Å²) in [4.78, 5) is 7.94. The van der Waals surface area contributed by atoms with Crippen molar-refractivity contribution in [2.75, 3.05) is 20.6 Å². The van der Waals surface area contributed by atoms with Gasteiger partial charge in [0, 0.05) is 11.9 Å². The molecule has 25 heavy (non-hydrogen) atoms. The van der Waals surface area contributed by atoms with E-state index in [-0.39, 0.29) is 5.82 Å². The van der Waals surface area contributed by atoms with Crippen LogP contribution in [0.4, 0.5) is 10.1 Å². The monoisotopic (exact) mass is 355 g/mol. The Bertz CT molecular complexity index is 864. The van der Waals surface area contributed by atoms with Gasteiger partial charge in [0.1, 0.15) is 5.82 Å². The third-order valence-corrected chi connectivity index (χ3v) is 4.77. The van der Waals surface area contributed by atoms with Crippen LogP contribution in [0.5, 0.6) is 0 Å². The molecular weight excluding hydrogens is 333 g/mol. The minimum Gasteiger partial charge on any atom is -0.316 e. The predicted molar refractivity (Wildman–Crippen MR) is 103 cm³/mol. The van der Waals surface area contributed by atoms with Crippen LogP contribution in [0.2, 0.25) is 0 Å². The zero-order chi connectivity index (χ0) is 17.6. The summed E-state index contributed by atoms with van der Waals surface area (Å²) in [7, 11) is 4.16. The van der Waals surface area contributed by atoms with E-state index in [0.29, 0.717) is 0 Å². The number of rotatable bonds is 6. The molecule has 0 fully saturated rings. The van der Waals surface area contributed by atoms with Crippen LogP contribution >= 0.6 is 11.3 Å². The molecule has 0 atom stereocenters. The molecule has 0 aliphatic rings. The Labute approximate surface area is 151 Å². The van der Waals surface area contributed by atoms with Gasteiger partial charge in [-0.25, -0.2) is 9.38 Å². The summed E-state index contributed by atoms with van der Waals surface area (Å²) in [5, 5.41) is 2.10. The largest absolute Gasteiger partial charge is 0.316 e. The van der Waals surface area contributed by atoms with Crippen LogP contribution in [0.1, 0.15) is 6.42 Å². The summed E-state index contributed by atoms with van der Waals surface area (Å²) >= 11 is 1.62. The highest BCUT2D eigenvalue weighted by Gasteiger charge is 2.08. The van der Waals surface area contributed by atoms with E-state index in [1.807, 2.05) is 42.5 Å². The molecule has 0 spiro atoms. The third kappa shape index (κ3) is 4.65. The number of para-hydroxylation sites is 1. The Morgan fingerprint density at radius 2 is 1.76 bits per heavy atom. The molecule has 2 aromatic carbocycles. The molecule has 3 aromatic rings. The van der Waals surface area contributed by atoms with Gasteiger partial charge in [0.25, 0.3) is 0 Å². The molecule has 1 heterocycles. The smallest absolute Gasteiger partial charge is 0.190 e. The van der Waals surface area contributed by atoms with Crippen LogP contribution in [0.25, 0.3) is 11.3 Å². The molecule has 0 aliphatic heterocycles. The molecule has 1 aromatic heterocycles. The lowest BCUT2D eigenvalue weighted by Crippen LogP contribution is -2.20. The van der Waals surface area contributed by atoms with Crippen LogP contribution in [0.3, 0.4) is 0 Å². The number of aromatic nitrogens is 1. The Balaban J connectivity index is 2.00. The first-order valence-corrected chi connectivity index (χ1v) is 9.20.